The minimum atomic E-state index is 0.844. The molecule has 0 atom stereocenters. The molecule has 0 saturated carbocycles. The first-order chi connectivity index (χ1) is 29.2. The molecule has 0 bridgehead atoms. The molecule has 0 N–H and O–H groups in total. The van der Waals surface area contributed by atoms with Crippen molar-refractivity contribution in [2.45, 2.75) is 12.8 Å². The number of para-hydroxylation sites is 1. The van der Waals surface area contributed by atoms with E-state index in [0.29, 0.717) is 0 Å². The number of anilines is 3. The van der Waals surface area contributed by atoms with Crippen molar-refractivity contribution in [1.29, 1.82) is 0 Å². The molecule has 13 rings (SSSR count). The molecule has 278 valence electrons. The fourth-order valence-electron chi connectivity index (χ4n) is 9.43. The Kier molecular flexibility index (Phi) is 7.17. The van der Waals surface area contributed by atoms with Crippen LogP contribution in [0.4, 0.5) is 17.1 Å². The van der Waals surface area contributed by atoms with E-state index in [1.54, 1.807) is 0 Å². The van der Waals surface area contributed by atoms with Crippen molar-refractivity contribution in [3.63, 3.8) is 0 Å². The lowest BCUT2D eigenvalue weighted by Gasteiger charge is -2.27. The van der Waals surface area contributed by atoms with Gasteiger partial charge in [0.25, 0.3) is 0 Å². The summed E-state index contributed by atoms with van der Waals surface area (Å²) in [6.07, 6.45) is 9.05. The van der Waals surface area contributed by atoms with Crippen LogP contribution in [0, 0.1) is 0 Å². The Labute approximate surface area is 346 Å². The molecule has 0 saturated heterocycles. The van der Waals surface area contributed by atoms with E-state index >= 15 is 0 Å². The average Bonchev–Trinajstić information content (AvgIpc) is 4.06. The summed E-state index contributed by atoms with van der Waals surface area (Å²) < 4.78 is 18.9. The Balaban J connectivity index is 1.10. The highest BCUT2D eigenvalue weighted by molar-refractivity contribution is 7.26. The maximum Gasteiger partial charge on any atom is 0.144 e. The number of nitrogens with zero attached hydrogens (tertiary/aromatic N) is 1. The van der Waals surface area contributed by atoms with E-state index in [0.717, 1.165) is 84.9 Å². The van der Waals surface area contributed by atoms with Crippen LogP contribution in [0.25, 0.3) is 101 Å². The van der Waals surface area contributed by atoms with Gasteiger partial charge in [0.15, 0.2) is 0 Å². The smallest absolute Gasteiger partial charge is 0.144 e. The molecule has 0 aliphatic heterocycles. The summed E-state index contributed by atoms with van der Waals surface area (Å²) in [5.41, 5.74) is 11.5. The van der Waals surface area contributed by atoms with Crippen LogP contribution in [0.3, 0.4) is 0 Å². The van der Waals surface area contributed by atoms with Gasteiger partial charge in [-0.3, -0.25) is 0 Å². The minimum absolute atomic E-state index is 0.844. The van der Waals surface area contributed by atoms with Crippen LogP contribution in [-0.2, 0) is 0 Å². The van der Waals surface area contributed by atoms with Gasteiger partial charge in [-0.05, 0) is 84.6 Å². The first-order valence-corrected chi connectivity index (χ1v) is 21.8. The van der Waals surface area contributed by atoms with Crippen LogP contribution >= 0.6 is 22.7 Å². The summed E-state index contributed by atoms with van der Waals surface area (Å²) in [6, 6.07) is 57.1. The largest absolute Gasteiger partial charge is 0.456 e. The quantitative estimate of drug-likeness (QED) is 0.174. The molecule has 0 spiro atoms. The highest BCUT2D eigenvalue weighted by Crippen LogP contribution is 2.51. The van der Waals surface area contributed by atoms with Crippen molar-refractivity contribution in [3.8, 4) is 11.1 Å². The number of rotatable bonds is 5. The van der Waals surface area contributed by atoms with E-state index < -0.39 is 0 Å². The monoisotopic (exact) mass is 791 g/mol. The Hall–Kier alpha value is -6.92. The van der Waals surface area contributed by atoms with Gasteiger partial charge >= 0.3 is 0 Å². The lowest BCUT2D eigenvalue weighted by Crippen LogP contribution is -2.10. The van der Waals surface area contributed by atoms with Crippen molar-refractivity contribution in [1.82, 2.24) is 0 Å². The van der Waals surface area contributed by atoms with Crippen molar-refractivity contribution < 1.29 is 8.83 Å². The third kappa shape index (κ3) is 4.99. The number of hydrogen-bond acceptors (Lipinski definition) is 5. The maximum absolute atomic E-state index is 7.07. The topological polar surface area (TPSA) is 29.5 Å². The predicted molar refractivity (Wildman–Crippen MR) is 253 cm³/mol. The van der Waals surface area contributed by atoms with Crippen LogP contribution in [0.5, 0.6) is 0 Å². The predicted octanol–water partition coefficient (Wildman–Crippen LogP) is 17.1. The first-order valence-electron chi connectivity index (χ1n) is 20.1. The molecule has 59 heavy (non-hydrogen) atoms. The van der Waals surface area contributed by atoms with E-state index in [4.69, 9.17) is 8.83 Å². The number of fused-ring (bicyclic) bond motifs is 12. The van der Waals surface area contributed by atoms with E-state index in [2.05, 4.69) is 175 Å². The van der Waals surface area contributed by atoms with Gasteiger partial charge in [-0.15, -0.1) is 22.7 Å². The lowest BCUT2D eigenvalue weighted by molar-refractivity contribution is 0.664. The van der Waals surface area contributed by atoms with Gasteiger partial charge in [0.2, 0.25) is 0 Å². The van der Waals surface area contributed by atoms with E-state index in [9.17, 15) is 0 Å². The first kappa shape index (κ1) is 33.1. The Morgan fingerprint density at radius 3 is 2.00 bits per heavy atom. The fourth-order valence-corrected chi connectivity index (χ4v) is 11.9. The van der Waals surface area contributed by atoms with Crippen molar-refractivity contribution in [2.75, 3.05) is 4.90 Å². The Morgan fingerprint density at radius 1 is 0.475 bits per heavy atom. The van der Waals surface area contributed by atoms with Gasteiger partial charge in [0, 0.05) is 79.7 Å². The highest BCUT2D eigenvalue weighted by Gasteiger charge is 2.25. The molecule has 5 heteroatoms. The van der Waals surface area contributed by atoms with Crippen LogP contribution in [0.15, 0.2) is 185 Å². The number of allylic oxidation sites excluding steroid dienone is 4. The summed E-state index contributed by atoms with van der Waals surface area (Å²) in [4.78, 5) is 2.44. The lowest BCUT2D eigenvalue weighted by atomic mass is 9.95. The average molecular weight is 792 g/mol. The van der Waals surface area contributed by atoms with Crippen LogP contribution in [0.2, 0.25) is 0 Å². The Morgan fingerprint density at radius 2 is 1.17 bits per heavy atom. The summed E-state index contributed by atoms with van der Waals surface area (Å²) >= 11 is 3.70. The summed E-state index contributed by atoms with van der Waals surface area (Å²) in [5.74, 6) is 0. The fraction of sp³-hybridized carbons (Fsp3) is 0.0370. The van der Waals surface area contributed by atoms with Crippen LogP contribution in [-0.4, -0.2) is 0 Å². The molecule has 0 fully saturated rings. The second-order valence-corrected chi connectivity index (χ2v) is 17.5. The molecule has 8 aromatic carbocycles. The zero-order valence-electron chi connectivity index (χ0n) is 31.7. The van der Waals surface area contributed by atoms with Crippen molar-refractivity contribution in [3.05, 3.63) is 182 Å². The molecule has 0 unspecified atom stereocenters. The zero-order chi connectivity index (χ0) is 38.6. The molecule has 12 aromatic rings. The van der Waals surface area contributed by atoms with Gasteiger partial charge in [0.1, 0.15) is 22.3 Å². The van der Waals surface area contributed by atoms with Crippen molar-refractivity contribution >= 4 is 130 Å². The number of benzene rings is 8. The third-order valence-corrected chi connectivity index (χ3v) is 14.5. The minimum Gasteiger partial charge on any atom is -0.456 e. The van der Waals surface area contributed by atoms with Crippen molar-refractivity contribution in [2.24, 2.45) is 0 Å². The second kappa shape index (κ2) is 12.8. The third-order valence-electron chi connectivity index (χ3n) is 12.1. The SMILES string of the molecule is C1=CC(c2cccc(N(c3ccc4oc5c(-c6cccc7c6sc6ccccc67)c6c(cc5c4c3)oc3ccccc36)c3cccc4c3sc3ccccc34)c2)=CCC1. The molecule has 1 aliphatic rings. The number of hydrogen-bond donors (Lipinski definition) is 0. The normalized spacial score (nSPS) is 13.3. The van der Waals surface area contributed by atoms with Gasteiger partial charge in [0.05, 0.1) is 10.4 Å². The maximum atomic E-state index is 7.07. The molecular weight excluding hydrogens is 759 g/mol. The van der Waals surface area contributed by atoms with E-state index in [1.807, 2.05) is 28.7 Å². The number of thiophene rings is 2. The second-order valence-electron chi connectivity index (χ2n) is 15.4. The summed E-state index contributed by atoms with van der Waals surface area (Å²) in [6.45, 7) is 0. The molecule has 1 aliphatic carbocycles. The van der Waals surface area contributed by atoms with Gasteiger partial charge in [-0.1, -0.05) is 115 Å². The van der Waals surface area contributed by atoms with E-state index in [1.165, 1.54) is 51.5 Å². The number of furan rings is 2. The van der Waals surface area contributed by atoms with Gasteiger partial charge in [-0.2, -0.15) is 0 Å². The van der Waals surface area contributed by atoms with Crippen LogP contribution in [0.1, 0.15) is 18.4 Å². The highest BCUT2D eigenvalue weighted by atomic mass is 32.1. The molecule has 0 amide bonds. The molecule has 0 radical (unpaired) electrons. The summed E-state index contributed by atoms with van der Waals surface area (Å²) in [5, 5.41) is 9.34. The van der Waals surface area contributed by atoms with Crippen LogP contribution < -0.4 is 4.90 Å². The van der Waals surface area contributed by atoms with E-state index in [-0.39, 0.29) is 0 Å². The van der Waals surface area contributed by atoms with Gasteiger partial charge < -0.3 is 13.7 Å². The molecule has 3 nitrogen and oxygen atoms in total. The molecule has 4 heterocycles. The van der Waals surface area contributed by atoms with Gasteiger partial charge in [-0.25, -0.2) is 0 Å². The Bertz CT molecular complexity index is 3760. The summed E-state index contributed by atoms with van der Waals surface area (Å²) in [7, 11) is 0. The standard InChI is InChI=1S/C54H33NO2S2/c1-2-13-32(14-3-1)33-15-10-16-34(29-33)55(44-23-12-21-39-37-18-6-9-26-49(37)59-54(39)44)35-27-28-46-42(30-35)43-31-47-50(40-19-4-7-24-45(40)56-47)51(52(43)57-46)41-22-11-20-38-36-17-5-8-25-48(36)58-53(38)41/h2,4-31H,1,3H2. The zero-order valence-corrected chi connectivity index (χ0v) is 33.4. The molecule has 4 aromatic heterocycles. The molecular formula is C54H33NO2S2.